The Morgan fingerprint density at radius 2 is 1.79 bits per heavy atom. The van der Waals surface area contributed by atoms with Gasteiger partial charge in [0.05, 0.1) is 11.4 Å². The quantitative estimate of drug-likeness (QED) is 0.672. The summed E-state index contributed by atoms with van der Waals surface area (Å²) in [6.07, 6.45) is 4.65. The predicted molar refractivity (Wildman–Crippen MR) is 115 cm³/mol. The van der Waals surface area contributed by atoms with Gasteiger partial charge in [-0.15, -0.1) is 0 Å². The Bertz CT molecular complexity index is 923. The molecule has 1 aliphatic carbocycles. The first-order valence-corrected chi connectivity index (χ1v) is 11.7. The van der Waals surface area contributed by atoms with E-state index in [0.717, 1.165) is 42.1 Å². The van der Waals surface area contributed by atoms with Crippen LogP contribution in [0.5, 0.6) is 0 Å². The van der Waals surface area contributed by atoms with Gasteiger partial charge in [0.15, 0.2) is 0 Å². The van der Waals surface area contributed by atoms with Crippen molar-refractivity contribution < 1.29 is 13.2 Å². The highest BCUT2D eigenvalue weighted by atomic mass is 79.9. The molecule has 0 unspecified atom stereocenters. The number of sulfonamides is 1. The third-order valence-corrected chi connectivity index (χ3v) is 7.42. The maximum Gasteiger partial charge on any atom is 0.243 e. The highest BCUT2D eigenvalue weighted by Crippen LogP contribution is 2.28. The lowest BCUT2D eigenvalue weighted by atomic mass is 9.95. The van der Waals surface area contributed by atoms with Crippen molar-refractivity contribution in [1.82, 2.24) is 4.31 Å². The van der Waals surface area contributed by atoms with Crippen LogP contribution in [0.1, 0.15) is 37.7 Å². The molecule has 1 amide bonds. The number of nitrogens with one attached hydrogen (secondary N) is 1. The Labute approximate surface area is 175 Å². The summed E-state index contributed by atoms with van der Waals surface area (Å²) in [7, 11) is -3.75. The van der Waals surface area contributed by atoms with Gasteiger partial charge in [-0.25, -0.2) is 8.42 Å². The first kappa shape index (κ1) is 21.0. The molecule has 0 atom stereocenters. The Morgan fingerprint density at radius 1 is 1.11 bits per heavy atom. The topological polar surface area (TPSA) is 66.5 Å². The summed E-state index contributed by atoms with van der Waals surface area (Å²) < 4.78 is 28.9. The van der Waals surface area contributed by atoms with E-state index in [2.05, 4.69) is 21.2 Å². The van der Waals surface area contributed by atoms with Crippen molar-refractivity contribution in [3.05, 3.63) is 58.6 Å². The van der Waals surface area contributed by atoms with E-state index in [4.69, 9.17) is 0 Å². The lowest BCUT2D eigenvalue weighted by Gasteiger charge is -2.33. The molecule has 7 heteroatoms. The van der Waals surface area contributed by atoms with Crippen LogP contribution in [0, 0.1) is 6.92 Å². The summed E-state index contributed by atoms with van der Waals surface area (Å²) in [5.41, 5.74) is 1.63. The van der Waals surface area contributed by atoms with Crippen molar-refractivity contribution in [1.29, 1.82) is 0 Å². The molecule has 0 saturated heterocycles. The largest absolute Gasteiger partial charge is 0.325 e. The van der Waals surface area contributed by atoms with Crippen molar-refractivity contribution in [2.24, 2.45) is 0 Å². The second-order valence-electron chi connectivity index (χ2n) is 7.21. The minimum absolute atomic E-state index is 0.145. The molecule has 0 radical (unpaired) electrons. The van der Waals surface area contributed by atoms with E-state index in [1.54, 1.807) is 36.4 Å². The molecule has 1 fully saturated rings. The lowest BCUT2D eigenvalue weighted by Crippen LogP contribution is -2.45. The van der Waals surface area contributed by atoms with E-state index in [0.29, 0.717) is 5.69 Å². The molecule has 0 aromatic heterocycles. The number of nitrogens with zero attached hydrogens (tertiary/aromatic N) is 1. The summed E-state index contributed by atoms with van der Waals surface area (Å²) in [5.74, 6) is -0.334. The molecule has 0 spiro atoms. The van der Waals surface area contributed by atoms with Crippen LogP contribution in [0.25, 0.3) is 0 Å². The molecule has 1 aliphatic rings. The monoisotopic (exact) mass is 464 g/mol. The van der Waals surface area contributed by atoms with E-state index in [-0.39, 0.29) is 23.4 Å². The fourth-order valence-electron chi connectivity index (χ4n) is 3.53. The molecular weight excluding hydrogens is 440 g/mol. The van der Waals surface area contributed by atoms with E-state index < -0.39 is 10.0 Å². The number of carbonyl (C=O) groups excluding carboxylic acids is 1. The fraction of sp³-hybridized carbons (Fsp3) is 0.381. The van der Waals surface area contributed by atoms with E-state index in [1.807, 2.05) is 19.1 Å². The highest BCUT2D eigenvalue weighted by Gasteiger charge is 2.33. The molecule has 0 aliphatic heterocycles. The number of halogens is 1. The molecule has 28 heavy (non-hydrogen) atoms. The SMILES string of the molecule is Cc1ccc(S(=O)(=O)N(CC(=O)Nc2cccc(Br)c2)C2CCCCC2)cc1. The minimum atomic E-state index is -3.75. The van der Waals surface area contributed by atoms with Crippen molar-refractivity contribution in [3.63, 3.8) is 0 Å². The van der Waals surface area contributed by atoms with Crippen LogP contribution >= 0.6 is 15.9 Å². The van der Waals surface area contributed by atoms with Gasteiger partial charge >= 0.3 is 0 Å². The Hall–Kier alpha value is -1.70. The molecule has 0 heterocycles. The summed E-state index contributed by atoms with van der Waals surface area (Å²) >= 11 is 3.38. The average molecular weight is 465 g/mol. The van der Waals surface area contributed by atoms with Gasteiger partial charge in [-0.05, 0) is 50.1 Å². The Kier molecular flexibility index (Phi) is 6.91. The Morgan fingerprint density at radius 3 is 2.43 bits per heavy atom. The third kappa shape index (κ3) is 5.21. The fourth-order valence-corrected chi connectivity index (χ4v) is 5.57. The van der Waals surface area contributed by atoms with Crippen LogP contribution in [0.4, 0.5) is 5.69 Å². The van der Waals surface area contributed by atoms with Gasteiger partial charge in [0.2, 0.25) is 15.9 Å². The standard InChI is InChI=1S/C21H25BrN2O3S/c1-16-10-12-20(13-11-16)28(26,27)24(19-8-3-2-4-9-19)15-21(25)23-18-7-5-6-17(22)14-18/h5-7,10-14,19H,2-4,8-9,15H2,1H3,(H,23,25). The van der Waals surface area contributed by atoms with Crippen molar-refractivity contribution in [2.75, 3.05) is 11.9 Å². The molecule has 150 valence electrons. The summed E-state index contributed by atoms with van der Waals surface area (Å²) in [5, 5.41) is 2.81. The first-order valence-electron chi connectivity index (χ1n) is 9.50. The first-order chi connectivity index (χ1) is 13.4. The summed E-state index contributed by atoms with van der Waals surface area (Å²) in [6, 6.07) is 13.9. The molecule has 2 aromatic carbocycles. The van der Waals surface area contributed by atoms with E-state index in [1.165, 1.54) is 4.31 Å². The molecule has 3 rings (SSSR count). The number of amides is 1. The zero-order valence-electron chi connectivity index (χ0n) is 15.9. The van der Waals surface area contributed by atoms with Crippen molar-refractivity contribution >= 4 is 37.5 Å². The maximum atomic E-state index is 13.3. The highest BCUT2D eigenvalue weighted by molar-refractivity contribution is 9.10. The van der Waals surface area contributed by atoms with Crippen LogP contribution < -0.4 is 5.32 Å². The van der Waals surface area contributed by atoms with Gasteiger partial charge < -0.3 is 5.32 Å². The summed E-state index contributed by atoms with van der Waals surface area (Å²) in [4.78, 5) is 12.9. The second kappa shape index (κ2) is 9.20. The molecule has 5 nitrogen and oxygen atoms in total. The third-order valence-electron chi connectivity index (χ3n) is 5.02. The normalized spacial score (nSPS) is 15.5. The Balaban J connectivity index is 1.84. The van der Waals surface area contributed by atoms with Gasteiger partial charge in [-0.1, -0.05) is 59.0 Å². The number of benzene rings is 2. The molecule has 0 bridgehead atoms. The van der Waals surface area contributed by atoms with Gasteiger partial charge in [-0.2, -0.15) is 4.31 Å². The number of rotatable bonds is 6. The number of aryl methyl sites for hydroxylation is 1. The minimum Gasteiger partial charge on any atom is -0.325 e. The van der Waals surface area contributed by atoms with Crippen LogP contribution in [-0.2, 0) is 14.8 Å². The lowest BCUT2D eigenvalue weighted by molar-refractivity contribution is -0.116. The van der Waals surface area contributed by atoms with Gasteiger partial charge in [0.25, 0.3) is 0 Å². The van der Waals surface area contributed by atoms with Crippen LogP contribution in [-0.4, -0.2) is 31.2 Å². The predicted octanol–water partition coefficient (Wildman–Crippen LogP) is 4.72. The molecule has 2 aromatic rings. The number of carbonyl (C=O) groups is 1. The smallest absolute Gasteiger partial charge is 0.243 e. The van der Waals surface area contributed by atoms with Crippen LogP contribution in [0.3, 0.4) is 0 Å². The maximum absolute atomic E-state index is 13.3. The van der Waals surface area contributed by atoms with Gasteiger partial charge in [-0.3, -0.25) is 4.79 Å². The van der Waals surface area contributed by atoms with E-state index in [9.17, 15) is 13.2 Å². The van der Waals surface area contributed by atoms with Crippen molar-refractivity contribution in [3.8, 4) is 0 Å². The number of anilines is 1. The number of hydrogen-bond acceptors (Lipinski definition) is 3. The second-order valence-corrected chi connectivity index (χ2v) is 10.0. The van der Waals surface area contributed by atoms with Crippen molar-refractivity contribution in [2.45, 2.75) is 50.0 Å². The molecular formula is C21H25BrN2O3S. The average Bonchev–Trinajstić information content (AvgIpc) is 2.67. The summed E-state index contributed by atoms with van der Waals surface area (Å²) in [6.45, 7) is 1.73. The van der Waals surface area contributed by atoms with Crippen LogP contribution in [0.2, 0.25) is 0 Å². The molecule has 1 N–H and O–H groups in total. The van der Waals surface area contributed by atoms with E-state index >= 15 is 0 Å². The number of hydrogen-bond donors (Lipinski definition) is 1. The molecule has 1 saturated carbocycles. The van der Waals surface area contributed by atoms with Crippen LogP contribution in [0.15, 0.2) is 57.9 Å². The van der Waals surface area contributed by atoms with Gasteiger partial charge in [0.1, 0.15) is 0 Å². The zero-order valence-corrected chi connectivity index (χ0v) is 18.3. The van der Waals surface area contributed by atoms with Gasteiger partial charge in [0, 0.05) is 16.2 Å². The zero-order chi connectivity index (χ0) is 20.1.